The highest BCUT2D eigenvalue weighted by atomic mass is 32.1. The monoisotopic (exact) mass is 309 g/mol. The van der Waals surface area contributed by atoms with Crippen molar-refractivity contribution in [3.63, 3.8) is 0 Å². The molecule has 0 aliphatic heterocycles. The second kappa shape index (κ2) is 5.89. The zero-order chi connectivity index (χ0) is 15.7. The van der Waals surface area contributed by atoms with Crippen LogP contribution in [-0.4, -0.2) is 14.4 Å². The van der Waals surface area contributed by atoms with Gasteiger partial charge in [0, 0.05) is 18.2 Å². The Morgan fingerprint density at radius 3 is 2.55 bits per heavy atom. The highest BCUT2D eigenvalue weighted by molar-refractivity contribution is 7.80. The molecule has 2 aromatic heterocycles. The van der Waals surface area contributed by atoms with Crippen molar-refractivity contribution in [3.8, 4) is 11.3 Å². The first kappa shape index (κ1) is 14.7. The van der Waals surface area contributed by atoms with E-state index >= 15 is 0 Å². The Bertz CT molecular complexity index is 816. The van der Waals surface area contributed by atoms with Gasteiger partial charge in [0.1, 0.15) is 5.65 Å². The first-order valence-electron chi connectivity index (χ1n) is 7.41. The third kappa shape index (κ3) is 2.74. The molecule has 3 aromatic rings. The largest absolute Gasteiger partial charge is 0.393 e. The first-order valence-corrected chi connectivity index (χ1v) is 7.81. The number of hydrogen-bond donors (Lipinski definition) is 1. The topological polar surface area (TPSA) is 43.3 Å². The Hall–Kier alpha value is -2.20. The van der Waals surface area contributed by atoms with E-state index in [0.29, 0.717) is 17.3 Å². The van der Waals surface area contributed by atoms with E-state index in [4.69, 9.17) is 22.9 Å². The zero-order valence-electron chi connectivity index (χ0n) is 12.8. The molecule has 0 unspecified atom stereocenters. The maximum atomic E-state index is 5.78. The summed E-state index contributed by atoms with van der Waals surface area (Å²) in [6, 6.07) is 14.5. The molecule has 3 nitrogen and oxygen atoms in total. The minimum absolute atomic E-state index is 0.478. The molecule has 22 heavy (non-hydrogen) atoms. The highest BCUT2D eigenvalue weighted by Crippen LogP contribution is 2.26. The molecule has 0 saturated heterocycles. The molecule has 0 atom stereocenters. The van der Waals surface area contributed by atoms with E-state index in [2.05, 4.69) is 42.5 Å². The van der Waals surface area contributed by atoms with Crippen molar-refractivity contribution in [2.45, 2.75) is 26.2 Å². The maximum absolute atomic E-state index is 5.78. The fourth-order valence-electron chi connectivity index (χ4n) is 2.64. The van der Waals surface area contributed by atoms with Crippen LogP contribution in [0.5, 0.6) is 0 Å². The van der Waals surface area contributed by atoms with Gasteiger partial charge < -0.3 is 10.1 Å². The van der Waals surface area contributed by atoms with Crippen LogP contribution in [0.2, 0.25) is 0 Å². The van der Waals surface area contributed by atoms with Crippen LogP contribution in [0.4, 0.5) is 0 Å². The molecule has 0 fully saturated rings. The summed E-state index contributed by atoms with van der Waals surface area (Å²) in [5.74, 6) is 0.520. The van der Waals surface area contributed by atoms with Gasteiger partial charge in [0.15, 0.2) is 0 Å². The van der Waals surface area contributed by atoms with Gasteiger partial charge in [-0.05, 0) is 23.6 Å². The van der Waals surface area contributed by atoms with E-state index in [1.54, 1.807) is 0 Å². The van der Waals surface area contributed by atoms with Gasteiger partial charge >= 0.3 is 0 Å². The number of aromatic nitrogens is 2. The second-order valence-corrected chi connectivity index (χ2v) is 6.28. The fourth-order valence-corrected chi connectivity index (χ4v) is 2.77. The predicted octanol–water partition coefficient (Wildman–Crippen LogP) is 3.95. The van der Waals surface area contributed by atoms with E-state index in [9.17, 15) is 0 Å². The molecule has 3 rings (SSSR count). The second-order valence-electron chi connectivity index (χ2n) is 5.76. The minimum atomic E-state index is 0.478. The van der Waals surface area contributed by atoms with Gasteiger partial charge in [0.2, 0.25) is 0 Å². The van der Waals surface area contributed by atoms with Gasteiger partial charge in [-0.1, -0.05) is 56.4 Å². The van der Waals surface area contributed by atoms with E-state index in [0.717, 1.165) is 22.6 Å². The summed E-state index contributed by atoms with van der Waals surface area (Å²) in [6.07, 6.45) is 2.55. The van der Waals surface area contributed by atoms with Gasteiger partial charge in [-0.3, -0.25) is 0 Å². The van der Waals surface area contributed by atoms with Crippen molar-refractivity contribution < 1.29 is 0 Å². The van der Waals surface area contributed by atoms with E-state index in [-0.39, 0.29) is 0 Å². The first-order chi connectivity index (χ1) is 10.6. The molecule has 0 amide bonds. The number of thiocarbonyl (C=S) groups is 1. The highest BCUT2D eigenvalue weighted by Gasteiger charge is 2.14. The minimum Gasteiger partial charge on any atom is -0.393 e. The zero-order valence-corrected chi connectivity index (χ0v) is 13.6. The smallest absolute Gasteiger partial charge is 0.137 e. The molecule has 1 aromatic carbocycles. The quantitative estimate of drug-likeness (QED) is 0.742. The van der Waals surface area contributed by atoms with Crippen LogP contribution in [0.25, 0.3) is 16.9 Å². The molecule has 0 saturated carbocycles. The fraction of sp³-hybridized carbons (Fsp3) is 0.222. The van der Waals surface area contributed by atoms with E-state index in [1.165, 1.54) is 5.56 Å². The molecule has 0 aliphatic carbocycles. The molecule has 0 spiro atoms. The summed E-state index contributed by atoms with van der Waals surface area (Å²) in [7, 11) is 0. The molecule has 2 N–H and O–H groups in total. The van der Waals surface area contributed by atoms with Crippen LogP contribution in [0, 0.1) is 0 Å². The third-order valence-corrected chi connectivity index (χ3v) is 3.97. The molecule has 0 bridgehead atoms. The number of fused-ring (bicyclic) bond motifs is 1. The number of imidazole rings is 1. The average molecular weight is 309 g/mol. The number of rotatable bonds is 4. The number of pyridine rings is 1. The summed E-state index contributed by atoms with van der Waals surface area (Å²) in [6.45, 7) is 4.39. The standard InChI is InChI=1S/C18H19N3S/c1-12(2)13-6-8-14(9-7-13)18-15(11-16(19)22)21-10-4-3-5-17(21)20-18/h3-10,12H,11H2,1-2H3,(H2,19,22). The molecule has 0 radical (unpaired) electrons. The van der Waals surface area contributed by atoms with Crippen molar-refractivity contribution in [2.75, 3.05) is 0 Å². The van der Waals surface area contributed by atoms with E-state index < -0.39 is 0 Å². The van der Waals surface area contributed by atoms with Crippen LogP contribution < -0.4 is 5.73 Å². The Labute approximate surface area is 135 Å². The predicted molar refractivity (Wildman–Crippen MR) is 95.2 cm³/mol. The maximum Gasteiger partial charge on any atom is 0.137 e. The summed E-state index contributed by atoms with van der Waals surface area (Å²) in [5.41, 5.74) is 11.1. The van der Waals surface area contributed by atoms with Crippen molar-refractivity contribution in [1.29, 1.82) is 0 Å². The van der Waals surface area contributed by atoms with Crippen LogP contribution in [0.15, 0.2) is 48.7 Å². The molecule has 4 heteroatoms. The molecule has 112 valence electrons. The van der Waals surface area contributed by atoms with Crippen molar-refractivity contribution >= 4 is 22.9 Å². The van der Waals surface area contributed by atoms with Crippen molar-refractivity contribution in [3.05, 3.63) is 59.9 Å². The van der Waals surface area contributed by atoms with Crippen LogP contribution in [-0.2, 0) is 6.42 Å². The molecule has 2 heterocycles. The molecular formula is C18H19N3S. The van der Waals surface area contributed by atoms with Gasteiger partial charge in [-0.15, -0.1) is 0 Å². The normalized spacial score (nSPS) is 11.2. The molecule has 0 aliphatic rings. The summed E-state index contributed by atoms with van der Waals surface area (Å²) in [4.78, 5) is 5.24. The lowest BCUT2D eigenvalue weighted by atomic mass is 10.00. The third-order valence-electron chi connectivity index (χ3n) is 3.82. The lowest BCUT2D eigenvalue weighted by molar-refractivity contribution is 0.867. The summed E-state index contributed by atoms with van der Waals surface area (Å²) >= 11 is 5.11. The Balaban J connectivity index is 2.14. The Morgan fingerprint density at radius 2 is 1.91 bits per heavy atom. The van der Waals surface area contributed by atoms with Gasteiger partial charge in [0.05, 0.1) is 16.4 Å². The van der Waals surface area contributed by atoms with Gasteiger partial charge in [-0.25, -0.2) is 4.98 Å². The number of nitrogens with two attached hydrogens (primary N) is 1. The van der Waals surface area contributed by atoms with Gasteiger partial charge in [0.25, 0.3) is 0 Å². The van der Waals surface area contributed by atoms with Crippen LogP contribution in [0.1, 0.15) is 31.0 Å². The lowest BCUT2D eigenvalue weighted by Gasteiger charge is -2.07. The van der Waals surface area contributed by atoms with Crippen LogP contribution in [0.3, 0.4) is 0 Å². The number of nitrogens with zero attached hydrogens (tertiary/aromatic N) is 2. The Kier molecular flexibility index (Phi) is 3.94. The van der Waals surface area contributed by atoms with Crippen molar-refractivity contribution in [2.24, 2.45) is 5.73 Å². The average Bonchev–Trinajstić information content (AvgIpc) is 2.86. The number of hydrogen-bond acceptors (Lipinski definition) is 2. The SMILES string of the molecule is CC(C)c1ccc(-c2nc3ccccn3c2CC(N)=S)cc1. The summed E-state index contributed by atoms with van der Waals surface area (Å²) in [5, 5.41) is 0. The summed E-state index contributed by atoms with van der Waals surface area (Å²) < 4.78 is 2.06. The van der Waals surface area contributed by atoms with Crippen molar-refractivity contribution in [1.82, 2.24) is 9.38 Å². The van der Waals surface area contributed by atoms with Gasteiger partial charge in [-0.2, -0.15) is 0 Å². The lowest BCUT2D eigenvalue weighted by Crippen LogP contribution is -2.13. The molecular weight excluding hydrogens is 290 g/mol. The van der Waals surface area contributed by atoms with E-state index in [1.807, 2.05) is 24.4 Å². The Morgan fingerprint density at radius 1 is 1.18 bits per heavy atom. The van der Waals surface area contributed by atoms with Crippen LogP contribution >= 0.6 is 12.2 Å². The number of benzene rings is 1.